The number of thiophene rings is 1. The molecule has 0 atom stereocenters. The third kappa shape index (κ3) is 10.6. The monoisotopic (exact) mass is 1700 g/mol. The minimum atomic E-state index is -0.472. The molecule has 0 N–H and O–H groups in total. The first-order valence-electron chi connectivity index (χ1n) is 45.0. The molecule has 29 rings (SSSR count). The van der Waals surface area contributed by atoms with Crippen molar-refractivity contribution < 1.29 is 4.42 Å². The van der Waals surface area contributed by atoms with Gasteiger partial charge in [-0.3, -0.25) is 0 Å². The number of furan rings is 1. The molecule has 0 saturated carbocycles. The summed E-state index contributed by atoms with van der Waals surface area (Å²) in [7, 11) is 0. The van der Waals surface area contributed by atoms with Gasteiger partial charge < -0.3 is 13.6 Å². The molecule has 132 heavy (non-hydrogen) atoms. The summed E-state index contributed by atoms with van der Waals surface area (Å²) >= 11 is 1.80. The van der Waals surface area contributed by atoms with Crippen molar-refractivity contribution in [1.29, 1.82) is 0 Å². The molecule has 0 aliphatic heterocycles. The maximum absolute atomic E-state index is 6.88. The summed E-state index contributed by atoms with van der Waals surface area (Å²) in [6, 6.07) is 158. The first-order valence-corrected chi connectivity index (χ1v) is 45.8. The fourth-order valence-electron chi connectivity index (χ4n) is 22.7. The molecule has 6 heterocycles. The van der Waals surface area contributed by atoms with Crippen molar-refractivity contribution in [3.05, 3.63) is 481 Å². The first kappa shape index (κ1) is 74.0. The molecule has 0 unspecified atom stereocenters. The van der Waals surface area contributed by atoms with E-state index in [1.165, 1.54) is 154 Å². The van der Waals surface area contributed by atoms with E-state index in [2.05, 4.69) is 349 Å². The third-order valence-corrected chi connectivity index (χ3v) is 29.4. The van der Waals surface area contributed by atoms with Crippen LogP contribution in [0.3, 0.4) is 0 Å². The van der Waals surface area contributed by atoms with Crippen LogP contribution in [0.15, 0.2) is 441 Å². The molecule has 0 saturated heterocycles. The Morgan fingerprint density at radius 1 is 0.212 bits per heavy atom. The average Bonchev–Trinajstić information content (AvgIpc) is 1.50. The number of aromatic nitrogens is 8. The Kier molecular flexibility index (Phi) is 16.1. The van der Waals surface area contributed by atoms with Crippen LogP contribution in [-0.2, 0) is 10.8 Å². The van der Waals surface area contributed by atoms with Crippen LogP contribution in [0.25, 0.3) is 221 Å². The summed E-state index contributed by atoms with van der Waals surface area (Å²) in [6.45, 7) is 0. The van der Waals surface area contributed by atoms with Crippen molar-refractivity contribution in [3.63, 3.8) is 0 Å². The Balaban J connectivity index is 0.000000133. The molecule has 25 aromatic rings. The standard InChI is InChI=1S/C64H38N4O.C58H34N4S/c1-4-17-39(18-5-1)42-31-35-56-50(37-42)46-33-34-55-58(48-25-12-15-30-54(48)64(55)52-28-13-10-23-44(52)45-24-11-14-29-53(45)64)59(46)68(56)43-32-36-57-51(38-43)47-26-16-27-49(60(47)69-57)63-66-61(40-19-6-2-7-20-40)65-62(67-63)41-21-8-3-9-22-41;1-3-16-35(17-4-1)55-59-56(36-18-5-2-6-19-36)61-57(60-55)44-25-15-24-42-45-34-37(30-33-51(45)63-54(42)44)62-50-29-14-10-22-40(50)41-31-32-49-52(53(41)62)43-23-9-13-28-48(43)58(49)46-26-11-7-20-38(46)39-21-8-12-27-47(39)58/h1-38H;1-34H. The average molecular weight is 1700 g/mol. The molecule has 19 aromatic carbocycles. The van der Waals surface area contributed by atoms with E-state index in [1.54, 1.807) is 11.3 Å². The molecule has 0 radical (unpaired) electrons. The number of rotatable bonds is 9. The molecule has 0 bridgehead atoms. The highest BCUT2D eigenvalue weighted by atomic mass is 32.1. The second-order valence-corrected chi connectivity index (χ2v) is 35.9. The second-order valence-electron chi connectivity index (χ2n) is 34.8. The fraction of sp³-hybridized carbons (Fsp3) is 0.0164. The van der Waals surface area contributed by atoms with Gasteiger partial charge in [-0.15, -0.1) is 11.3 Å². The highest BCUT2D eigenvalue weighted by Crippen LogP contribution is 2.67. The van der Waals surface area contributed by atoms with Crippen LogP contribution in [0.1, 0.15) is 44.5 Å². The van der Waals surface area contributed by atoms with E-state index < -0.39 is 10.8 Å². The van der Waals surface area contributed by atoms with Crippen LogP contribution in [-0.4, -0.2) is 39.0 Å². The molecule has 4 aliphatic carbocycles. The van der Waals surface area contributed by atoms with Crippen LogP contribution in [0.2, 0.25) is 0 Å². The molecule has 9 nitrogen and oxygen atoms in total. The zero-order chi connectivity index (χ0) is 86.4. The van der Waals surface area contributed by atoms with Gasteiger partial charge in [-0.25, -0.2) is 29.9 Å². The number of fused-ring (bicyclic) bond motifs is 34. The highest BCUT2D eigenvalue weighted by Gasteiger charge is 2.54. The molecular formula is C122H72N8OS. The minimum absolute atomic E-state index is 0.422. The lowest BCUT2D eigenvalue weighted by Crippen LogP contribution is -2.25. The quantitative estimate of drug-likeness (QED) is 0.142. The lowest BCUT2D eigenvalue weighted by Gasteiger charge is -2.30. The normalized spacial score (nSPS) is 13.1. The van der Waals surface area contributed by atoms with Gasteiger partial charge in [-0.05, 0) is 156 Å². The van der Waals surface area contributed by atoms with Crippen molar-refractivity contribution in [2.24, 2.45) is 0 Å². The van der Waals surface area contributed by atoms with Crippen molar-refractivity contribution in [2.75, 3.05) is 0 Å². The predicted octanol–water partition coefficient (Wildman–Crippen LogP) is 30.6. The predicted molar refractivity (Wildman–Crippen MR) is 539 cm³/mol. The maximum atomic E-state index is 6.88. The Morgan fingerprint density at radius 3 is 1.07 bits per heavy atom. The summed E-state index contributed by atoms with van der Waals surface area (Å²) in [5.41, 5.74) is 36.6. The van der Waals surface area contributed by atoms with Gasteiger partial charge in [-0.1, -0.05) is 370 Å². The van der Waals surface area contributed by atoms with Crippen LogP contribution >= 0.6 is 11.3 Å². The van der Waals surface area contributed by atoms with Gasteiger partial charge in [0.15, 0.2) is 34.9 Å². The van der Waals surface area contributed by atoms with Gasteiger partial charge in [0, 0.05) is 103 Å². The second kappa shape index (κ2) is 28.7. The summed E-state index contributed by atoms with van der Waals surface area (Å²) in [4.78, 5) is 30.4. The number of hydrogen-bond acceptors (Lipinski definition) is 8. The molecular weight excluding hydrogens is 1630 g/mol. The van der Waals surface area contributed by atoms with Crippen LogP contribution < -0.4 is 0 Å². The topological polar surface area (TPSA) is 100 Å². The zero-order valence-corrected chi connectivity index (χ0v) is 71.8. The van der Waals surface area contributed by atoms with Gasteiger partial charge in [0.05, 0.1) is 38.5 Å². The Morgan fingerprint density at radius 2 is 0.576 bits per heavy atom. The van der Waals surface area contributed by atoms with Gasteiger partial charge in [0.1, 0.15) is 11.2 Å². The number of nitrogens with zero attached hydrogens (tertiary/aromatic N) is 8. The third-order valence-electron chi connectivity index (χ3n) is 28.1. The van der Waals surface area contributed by atoms with Crippen molar-refractivity contribution in [3.8, 4) is 135 Å². The SMILES string of the molecule is c1ccc(-c2ccc3c(c2)c2ccc4c(c2n3-c2ccc3oc5c(-c6nc(-c7ccccc7)nc(-c7ccccc7)n6)cccc5c3c2)-c2ccccc2C42c3ccccc3-c3ccccc32)cc1.c1ccc(-c2nc(-c3ccccc3)nc(-c3cccc4c3sc3ccc(-n5c6ccccc6c6ccc7c(c65)-c5ccccc5C75c6ccccc6-c6ccccc65)cc34)n2)cc1. The number of benzene rings is 19. The minimum Gasteiger partial charge on any atom is -0.455 e. The Labute approximate surface area is 762 Å². The van der Waals surface area contributed by atoms with Gasteiger partial charge in [0.2, 0.25) is 0 Å². The Bertz CT molecular complexity index is 8960. The van der Waals surface area contributed by atoms with E-state index >= 15 is 0 Å². The maximum Gasteiger partial charge on any atom is 0.167 e. The van der Waals surface area contributed by atoms with E-state index in [4.69, 9.17) is 34.3 Å². The molecule has 2 spiro atoms. The van der Waals surface area contributed by atoms with Gasteiger partial charge in [-0.2, -0.15) is 0 Å². The molecule has 10 heteroatoms. The highest BCUT2D eigenvalue weighted by molar-refractivity contribution is 7.26. The molecule has 0 amide bonds. The zero-order valence-electron chi connectivity index (χ0n) is 71.0. The van der Waals surface area contributed by atoms with E-state index in [0.717, 1.165) is 76.9 Å². The van der Waals surface area contributed by atoms with E-state index in [9.17, 15) is 0 Å². The van der Waals surface area contributed by atoms with E-state index in [1.807, 2.05) is 97.1 Å². The number of hydrogen-bond donors (Lipinski definition) is 0. The number of para-hydroxylation sites is 2. The van der Waals surface area contributed by atoms with Crippen molar-refractivity contribution in [2.45, 2.75) is 10.8 Å². The lowest BCUT2D eigenvalue weighted by atomic mass is 9.70. The summed E-state index contributed by atoms with van der Waals surface area (Å²) in [5.74, 6) is 3.76. The van der Waals surface area contributed by atoms with Crippen molar-refractivity contribution >= 4 is 97.1 Å². The lowest BCUT2D eigenvalue weighted by molar-refractivity contribution is 0.669. The van der Waals surface area contributed by atoms with E-state index in [-0.39, 0.29) is 0 Å². The van der Waals surface area contributed by atoms with Crippen molar-refractivity contribution in [1.82, 2.24) is 39.0 Å². The molecule has 0 fully saturated rings. The van der Waals surface area contributed by atoms with Crippen LogP contribution in [0, 0.1) is 0 Å². The summed E-state index contributed by atoms with van der Waals surface area (Å²) in [5, 5.41) is 9.33. The van der Waals surface area contributed by atoms with Gasteiger partial charge >= 0.3 is 0 Å². The van der Waals surface area contributed by atoms with E-state index in [0.29, 0.717) is 34.9 Å². The van der Waals surface area contributed by atoms with Gasteiger partial charge in [0.25, 0.3) is 0 Å². The van der Waals surface area contributed by atoms with Crippen LogP contribution in [0.5, 0.6) is 0 Å². The molecule has 4 aliphatic rings. The largest absolute Gasteiger partial charge is 0.455 e. The molecule has 6 aromatic heterocycles. The first-order chi connectivity index (χ1) is 65.5. The summed E-state index contributed by atoms with van der Waals surface area (Å²) in [6.07, 6.45) is 0. The fourth-order valence-corrected chi connectivity index (χ4v) is 23.9. The van der Waals surface area contributed by atoms with Crippen LogP contribution in [0.4, 0.5) is 0 Å². The molecule has 612 valence electrons. The smallest absolute Gasteiger partial charge is 0.167 e. The summed E-state index contributed by atoms with van der Waals surface area (Å²) < 4.78 is 14.3. The Hall–Kier alpha value is -17.2.